The molecular formula is C24H33N3O2. The van der Waals surface area contributed by atoms with Gasteiger partial charge in [-0.25, -0.2) is 0 Å². The van der Waals surface area contributed by atoms with Crippen LogP contribution in [0.3, 0.4) is 0 Å². The number of methoxy groups -OCH3 is 1. The number of amides is 1. The molecule has 0 atom stereocenters. The summed E-state index contributed by atoms with van der Waals surface area (Å²) < 4.78 is 5.52. The SMILES string of the molecule is CCCN(CCC)CCCc1cc(NC(=O)C=Cc2ccncc2)ccc1OC. The molecule has 0 spiro atoms. The number of rotatable bonds is 12. The highest BCUT2D eigenvalue weighted by Gasteiger charge is 2.08. The normalized spacial score (nSPS) is 11.2. The van der Waals surface area contributed by atoms with Crippen molar-refractivity contribution in [3.05, 3.63) is 59.9 Å². The van der Waals surface area contributed by atoms with Gasteiger partial charge in [-0.2, -0.15) is 0 Å². The zero-order valence-electron chi connectivity index (χ0n) is 17.9. The lowest BCUT2D eigenvalue weighted by Gasteiger charge is -2.21. The molecule has 1 amide bonds. The van der Waals surface area contributed by atoms with Gasteiger partial charge in [-0.1, -0.05) is 13.8 Å². The Bertz CT molecular complexity index is 769. The summed E-state index contributed by atoms with van der Waals surface area (Å²) in [5.74, 6) is 0.711. The number of anilines is 1. The van der Waals surface area contributed by atoms with Crippen LogP contribution in [0.5, 0.6) is 5.75 Å². The summed E-state index contributed by atoms with van der Waals surface area (Å²) >= 11 is 0. The maximum absolute atomic E-state index is 12.2. The van der Waals surface area contributed by atoms with Gasteiger partial charge in [-0.3, -0.25) is 9.78 Å². The first-order valence-electron chi connectivity index (χ1n) is 10.4. The highest BCUT2D eigenvalue weighted by atomic mass is 16.5. The predicted molar refractivity (Wildman–Crippen MR) is 120 cm³/mol. The molecule has 0 bridgehead atoms. The van der Waals surface area contributed by atoms with Gasteiger partial charge in [-0.15, -0.1) is 0 Å². The van der Waals surface area contributed by atoms with Crippen molar-refractivity contribution in [3.8, 4) is 5.75 Å². The molecule has 1 heterocycles. The Labute approximate surface area is 174 Å². The zero-order chi connectivity index (χ0) is 20.9. The van der Waals surface area contributed by atoms with E-state index in [4.69, 9.17) is 4.74 Å². The Balaban J connectivity index is 1.96. The van der Waals surface area contributed by atoms with Gasteiger partial charge in [0, 0.05) is 24.2 Å². The number of ether oxygens (including phenoxy) is 1. The van der Waals surface area contributed by atoms with Gasteiger partial charge in [0.25, 0.3) is 0 Å². The molecule has 0 aliphatic heterocycles. The van der Waals surface area contributed by atoms with Crippen LogP contribution in [0.15, 0.2) is 48.8 Å². The van der Waals surface area contributed by atoms with Crippen LogP contribution in [0.25, 0.3) is 6.08 Å². The van der Waals surface area contributed by atoms with Crippen molar-refractivity contribution < 1.29 is 9.53 Å². The molecule has 0 fully saturated rings. The van der Waals surface area contributed by atoms with Crippen LogP contribution in [0.4, 0.5) is 5.69 Å². The quantitative estimate of drug-likeness (QED) is 0.525. The Morgan fingerprint density at radius 2 is 1.83 bits per heavy atom. The van der Waals surface area contributed by atoms with Crippen molar-refractivity contribution in [1.82, 2.24) is 9.88 Å². The van der Waals surface area contributed by atoms with Crippen LogP contribution in [0, 0.1) is 0 Å². The fourth-order valence-electron chi connectivity index (χ4n) is 3.34. The predicted octanol–water partition coefficient (Wildman–Crippen LogP) is 4.80. The highest BCUT2D eigenvalue weighted by molar-refractivity contribution is 6.02. The van der Waals surface area contributed by atoms with E-state index in [0.717, 1.165) is 55.0 Å². The Hall–Kier alpha value is -2.66. The minimum atomic E-state index is -0.157. The van der Waals surface area contributed by atoms with Crippen LogP contribution in [-0.2, 0) is 11.2 Å². The van der Waals surface area contributed by atoms with Gasteiger partial charge in [0.05, 0.1) is 7.11 Å². The first-order valence-corrected chi connectivity index (χ1v) is 10.4. The Kier molecular flexibility index (Phi) is 9.93. The first-order chi connectivity index (χ1) is 14.2. The summed E-state index contributed by atoms with van der Waals surface area (Å²) in [6, 6.07) is 9.53. The van der Waals surface area contributed by atoms with E-state index < -0.39 is 0 Å². The van der Waals surface area contributed by atoms with Gasteiger partial charge in [0.1, 0.15) is 5.75 Å². The number of hydrogen-bond acceptors (Lipinski definition) is 4. The van der Waals surface area contributed by atoms with Crippen LogP contribution >= 0.6 is 0 Å². The maximum Gasteiger partial charge on any atom is 0.248 e. The van der Waals surface area contributed by atoms with Crippen molar-refractivity contribution in [2.24, 2.45) is 0 Å². The molecule has 156 valence electrons. The van der Waals surface area contributed by atoms with E-state index in [0.29, 0.717) is 0 Å². The first kappa shape index (κ1) is 22.6. The summed E-state index contributed by atoms with van der Waals surface area (Å²) in [7, 11) is 1.69. The van der Waals surface area contributed by atoms with Crippen molar-refractivity contribution in [2.45, 2.75) is 39.5 Å². The number of pyridine rings is 1. The van der Waals surface area contributed by atoms with Crippen LogP contribution in [0.2, 0.25) is 0 Å². The fraction of sp³-hybridized carbons (Fsp3) is 0.417. The molecule has 0 aliphatic carbocycles. The standard InChI is InChI=1S/C24H33N3O2/c1-4-16-27(17-5-2)18-6-7-21-19-22(9-10-23(21)29-3)26-24(28)11-8-20-12-14-25-15-13-20/h8-15,19H,4-7,16-18H2,1-3H3,(H,26,28). The van der Waals surface area contributed by atoms with Crippen LogP contribution < -0.4 is 10.1 Å². The van der Waals surface area contributed by atoms with E-state index in [-0.39, 0.29) is 5.91 Å². The number of hydrogen-bond donors (Lipinski definition) is 1. The van der Waals surface area contributed by atoms with Crippen molar-refractivity contribution >= 4 is 17.7 Å². The van der Waals surface area contributed by atoms with Crippen LogP contribution in [0.1, 0.15) is 44.2 Å². The van der Waals surface area contributed by atoms with Gasteiger partial charge in [0.15, 0.2) is 0 Å². The second kappa shape index (κ2) is 12.7. The number of aromatic nitrogens is 1. The van der Waals surface area contributed by atoms with E-state index in [1.807, 2.05) is 30.3 Å². The highest BCUT2D eigenvalue weighted by Crippen LogP contribution is 2.24. The number of benzene rings is 1. The average molecular weight is 396 g/mol. The molecule has 5 nitrogen and oxygen atoms in total. The lowest BCUT2D eigenvalue weighted by atomic mass is 10.1. The summed E-state index contributed by atoms with van der Waals surface area (Å²) in [6.45, 7) is 7.81. The largest absolute Gasteiger partial charge is 0.496 e. The minimum Gasteiger partial charge on any atom is -0.496 e. The number of carbonyl (C=O) groups is 1. The average Bonchev–Trinajstić information content (AvgIpc) is 2.73. The smallest absolute Gasteiger partial charge is 0.248 e. The third-order valence-electron chi connectivity index (χ3n) is 4.68. The van der Waals surface area contributed by atoms with E-state index in [1.54, 1.807) is 25.6 Å². The second-order valence-corrected chi connectivity index (χ2v) is 7.07. The third kappa shape index (κ3) is 8.08. The zero-order valence-corrected chi connectivity index (χ0v) is 17.9. The van der Waals surface area contributed by atoms with Crippen molar-refractivity contribution in [3.63, 3.8) is 0 Å². The number of nitrogens with one attached hydrogen (secondary N) is 1. The molecule has 0 radical (unpaired) electrons. The molecule has 1 N–H and O–H groups in total. The lowest BCUT2D eigenvalue weighted by molar-refractivity contribution is -0.111. The molecule has 0 aliphatic rings. The summed E-state index contributed by atoms with van der Waals surface area (Å²) in [4.78, 5) is 18.7. The fourth-order valence-corrected chi connectivity index (χ4v) is 3.34. The summed E-state index contributed by atoms with van der Waals surface area (Å²) in [5.41, 5.74) is 2.84. The van der Waals surface area contributed by atoms with E-state index in [1.165, 1.54) is 18.9 Å². The molecule has 1 aromatic heterocycles. The number of carbonyl (C=O) groups excluding carboxylic acids is 1. The third-order valence-corrected chi connectivity index (χ3v) is 4.68. The number of aryl methyl sites for hydroxylation is 1. The van der Waals surface area contributed by atoms with Crippen molar-refractivity contribution in [1.29, 1.82) is 0 Å². The van der Waals surface area contributed by atoms with Gasteiger partial charge < -0.3 is 15.0 Å². The topological polar surface area (TPSA) is 54.5 Å². The summed E-state index contributed by atoms with van der Waals surface area (Å²) in [5, 5.41) is 2.94. The van der Waals surface area contributed by atoms with Gasteiger partial charge >= 0.3 is 0 Å². The monoisotopic (exact) mass is 395 g/mol. The molecule has 5 heteroatoms. The molecule has 0 saturated carbocycles. The van der Waals surface area contributed by atoms with Gasteiger partial charge in [-0.05, 0) is 92.9 Å². The Morgan fingerprint density at radius 3 is 2.48 bits per heavy atom. The molecule has 1 aromatic carbocycles. The van der Waals surface area contributed by atoms with E-state index in [2.05, 4.69) is 29.0 Å². The molecule has 0 saturated heterocycles. The Morgan fingerprint density at radius 1 is 1.10 bits per heavy atom. The molecular weight excluding hydrogens is 362 g/mol. The summed E-state index contributed by atoms with van der Waals surface area (Å²) in [6.07, 6.45) is 11.1. The molecule has 0 unspecified atom stereocenters. The van der Waals surface area contributed by atoms with E-state index >= 15 is 0 Å². The van der Waals surface area contributed by atoms with Crippen molar-refractivity contribution in [2.75, 3.05) is 32.1 Å². The van der Waals surface area contributed by atoms with Gasteiger partial charge in [0.2, 0.25) is 5.91 Å². The number of nitrogens with zero attached hydrogens (tertiary/aromatic N) is 2. The second-order valence-electron chi connectivity index (χ2n) is 7.07. The molecule has 29 heavy (non-hydrogen) atoms. The minimum absolute atomic E-state index is 0.157. The van der Waals surface area contributed by atoms with E-state index in [9.17, 15) is 4.79 Å². The maximum atomic E-state index is 12.2. The molecule has 2 aromatic rings. The molecule has 2 rings (SSSR count). The van der Waals surface area contributed by atoms with Crippen LogP contribution in [-0.4, -0.2) is 42.5 Å². The lowest BCUT2D eigenvalue weighted by Crippen LogP contribution is -2.26.